The molecule has 0 heterocycles. The molecule has 22 heavy (non-hydrogen) atoms. The molecule has 0 aromatic heterocycles. The van der Waals surface area contributed by atoms with E-state index in [1.54, 1.807) is 0 Å². The topological polar surface area (TPSA) is 66.4 Å². The van der Waals surface area contributed by atoms with Gasteiger partial charge in [0.05, 0.1) is 15.9 Å². The van der Waals surface area contributed by atoms with Crippen LogP contribution in [0.25, 0.3) is 0 Å². The van der Waals surface area contributed by atoms with Crippen molar-refractivity contribution in [3.05, 3.63) is 24.3 Å². The highest BCUT2D eigenvalue weighted by Gasteiger charge is 2.74. The summed E-state index contributed by atoms with van der Waals surface area (Å²) in [7, 11) is -0.698. The van der Waals surface area contributed by atoms with Gasteiger partial charge in [0.25, 0.3) is 0 Å². The van der Waals surface area contributed by atoms with E-state index in [1.807, 2.05) is 0 Å². The van der Waals surface area contributed by atoms with Gasteiger partial charge in [0.2, 0.25) is 0 Å². The van der Waals surface area contributed by atoms with Crippen LogP contribution in [0.5, 0.6) is 5.75 Å². The highest BCUT2D eigenvalue weighted by atomic mass is 32.2. The number of halogens is 6. The predicted molar refractivity (Wildman–Crippen MR) is 61.9 cm³/mol. The first-order chi connectivity index (χ1) is 9.68. The normalized spacial score (nSPS) is 14.0. The number of alkyl halides is 6. The minimum atomic E-state index is -6.20. The molecule has 0 saturated heterocycles. The van der Waals surface area contributed by atoms with Gasteiger partial charge in [-0.05, 0) is 12.1 Å². The molecular weight excluding hydrogens is 341 g/mol. The average Bonchev–Trinajstić information content (AvgIpc) is 2.26. The second-order valence-electron chi connectivity index (χ2n) is 4.20. The van der Waals surface area contributed by atoms with E-state index in [-0.39, 0.29) is 5.46 Å². The number of hydrogen-bond acceptors (Lipinski definition) is 4. The van der Waals surface area contributed by atoms with Crippen molar-refractivity contribution in [3.8, 4) is 5.75 Å². The third kappa shape index (κ3) is 4.06. The van der Waals surface area contributed by atoms with Crippen LogP contribution in [0.15, 0.2) is 24.3 Å². The highest BCUT2D eigenvalue weighted by Crippen LogP contribution is 2.46. The van der Waals surface area contributed by atoms with E-state index in [0.29, 0.717) is 12.1 Å². The minimum Gasteiger partial charge on any atom is -0.748 e. The minimum absolute atomic E-state index is 0.0217. The second kappa shape index (κ2) is 5.65. The van der Waals surface area contributed by atoms with Crippen LogP contribution in [0.2, 0.25) is 0 Å². The van der Waals surface area contributed by atoms with Crippen LogP contribution in [0.3, 0.4) is 0 Å². The molecule has 0 atom stereocenters. The molecule has 2 radical (unpaired) electrons. The maximum absolute atomic E-state index is 12.9. The van der Waals surface area contributed by atoms with Gasteiger partial charge >= 0.3 is 18.0 Å². The van der Waals surface area contributed by atoms with Crippen LogP contribution >= 0.6 is 0 Å². The number of hydrogen-bond donors (Lipinski definition) is 0. The SMILES string of the molecule is [B]c1ccc(OC(CS(=O)(=O)[O-])(C(F)(F)F)C(F)(F)F)cc1. The van der Waals surface area contributed by atoms with Gasteiger partial charge < -0.3 is 9.29 Å². The molecule has 0 aliphatic rings. The Labute approximate surface area is 122 Å². The highest BCUT2D eigenvalue weighted by molar-refractivity contribution is 7.85. The Morgan fingerprint density at radius 3 is 1.73 bits per heavy atom. The average molecular weight is 347 g/mol. The summed E-state index contributed by atoms with van der Waals surface area (Å²) in [4.78, 5) is 0. The molecule has 1 aromatic rings. The van der Waals surface area contributed by atoms with E-state index in [0.717, 1.165) is 12.1 Å². The van der Waals surface area contributed by atoms with Crippen molar-refractivity contribution in [1.29, 1.82) is 0 Å². The Morgan fingerprint density at radius 1 is 1.00 bits per heavy atom. The summed E-state index contributed by atoms with van der Waals surface area (Å²) >= 11 is 0. The maximum Gasteiger partial charge on any atom is 0.438 e. The van der Waals surface area contributed by atoms with Gasteiger partial charge in [-0.15, -0.1) is 0 Å². The lowest BCUT2D eigenvalue weighted by molar-refractivity contribution is -0.348. The van der Waals surface area contributed by atoms with Crippen molar-refractivity contribution in [2.24, 2.45) is 0 Å². The maximum atomic E-state index is 12.9. The standard InChI is InChI=1S/C10H7BF6O4S/c11-6-1-3-7(4-2-6)21-8(9(12,13)14,10(15,16)17)5-22(18,19)20/h1-4H,5H2,(H,18,19,20)/p-1. The summed E-state index contributed by atoms with van der Waals surface area (Å²) < 4.78 is 113. The summed E-state index contributed by atoms with van der Waals surface area (Å²) in [6.45, 7) is 0. The quantitative estimate of drug-likeness (QED) is 0.467. The summed E-state index contributed by atoms with van der Waals surface area (Å²) in [6, 6.07) is 3.25. The van der Waals surface area contributed by atoms with Gasteiger partial charge in [0.1, 0.15) is 13.6 Å². The summed E-state index contributed by atoms with van der Waals surface area (Å²) in [6.07, 6.45) is -12.4. The fourth-order valence-electron chi connectivity index (χ4n) is 1.46. The summed E-state index contributed by atoms with van der Waals surface area (Å²) in [5.41, 5.74) is -5.16. The molecule has 0 spiro atoms. The van der Waals surface area contributed by atoms with Crippen molar-refractivity contribution in [3.63, 3.8) is 0 Å². The zero-order valence-electron chi connectivity index (χ0n) is 10.4. The molecule has 0 bridgehead atoms. The number of ether oxygens (including phenoxy) is 1. The number of benzene rings is 1. The van der Waals surface area contributed by atoms with Gasteiger partial charge in [0.15, 0.2) is 0 Å². The lowest BCUT2D eigenvalue weighted by Crippen LogP contribution is -2.64. The lowest BCUT2D eigenvalue weighted by Gasteiger charge is -2.37. The molecule has 0 unspecified atom stereocenters. The zero-order chi connectivity index (χ0) is 17.4. The van der Waals surface area contributed by atoms with E-state index in [4.69, 9.17) is 7.85 Å². The molecule has 0 aliphatic heterocycles. The fourth-order valence-corrected chi connectivity index (χ4v) is 2.34. The Balaban J connectivity index is 3.45. The van der Waals surface area contributed by atoms with Crippen molar-refractivity contribution < 1.29 is 44.0 Å². The fraction of sp³-hybridized carbons (Fsp3) is 0.400. The van der Waals surface area contributed by atoms with Gasteiger partial charge in [-0.2, -0.15) is 26.3 Å². The predicted octanol–water partition coefficient (Wildman–Crippen LogP) is 1.27. The molecule has 0 aliphatic carbocycles. The smallest absolute Gasteiger partial charge is 0.438 e. The van der Waals surface area contributed by atoms with E-state index < -0.39 is 39.6 Å². The Morgan fingerprint density at radius 2 is 1.41 bits per heavy atom. The molecule has 4 nitrogen and oxygen atoms in total. The molecule has 0 saturated carbocycles. The number of rotatable bonds is 4. The van der Waals surface area contributed by atoms with Crippen LogP contribution in [0.4, 0.5) is 26.3 Å². The molecular formula is C10H6BF6O4S-. The van der Waals surface area contributed by atoms with Crippen LogP contribution in [0.1, 0.15) is 0 Å². The van der Waals surface area contributed by atoms with Gasteiger partial charge in [-0.3, -0.25) is 0 Å². The van der Waals surface area contributed by atoms with E-state index in [9.17, 15) is 39.3 Å². The van der Waals surface area contributed by atoms with Gasteiger partial charge in [-0.1, -0.05) is 17.6 Å². The van der Waals surface area contributed by atoms with Crippen molar-refractivity contribution >= 4 is 23.4 Å². The molecule has 0 N–H and O–H groups in total. The third-order valence-corrected chi connectivity index (χ3v) is 3.23. The summed E-state index contributed by atoms with van der Waals surface area (Å²) in [5.74, 6) is -3.80. The Kier molecular flexibility index (Phi) is 4.78. The monoisotopic (exact) mass is 347 g/mol. The van der Waals surface area contributed by atoms with E-state index in [2.05, 4.69) is 4.74 Å². The first kappa shape index (κ1) is 18.6. The van der Waals surface area contributed by atoms with E-state index in [1.165, 1.54) is 0 Å². The molecule has 122 valence electrons. The van der Waals surface area contributed by atoms with Crippen LogP contribution in [0, 0.1) is 0 Å². The van der Waals surface area contributed by atoms with Crippen molar-refractivity contribution in [2.45, 2.75) is 18.0 Å². The first-order valence-electron chi connectivity index (χ1n) is 5.29. The van der Waals surface area contributed by atoms with Crippen molar-refractivity contribution in [2.75, 3.05) is 5.75 Å². The Hall–Kier alpha value is -1.43. The molecule has 1 rings (SSSR count). The molecule has 0 fully saturated rings. The Bertz CT molecular complexity index is 608. The second-order valence-corrected chi connectivity index (χ2v) is 5.60. The molecule has 12 heteroatoms. The van der Waals surface area contributed by atoms with E-state index >= 15 is 0 Å². The van der Waals surface area contributed by atoms with Crippen molar-refractivity contribution in [1.82, 2.24) is 0 Å². The van der Waals surface area contributed by atoms with Gasteiger partial charge in [0, 0.05) is 0 Å². The van der Waals surface area contributed by atoms with Gasteiger partial charge in [-0.25, -0.2) is 8.42 Å². The first-order valence-corrected chi connectivity index (χ1v) is 6.87. The van der Waals surface area contributed by atoms with Crippen LogP contribution in [-0.2, 0) is 10.1 Å². The largest absolute Gasteiger partial charge is 0.748 e. The third-order valence-electron chi connectivity index (χ3n) is 2.47. The molecule has 1 aromatic carbocycles. The molecule has 0 amide bonds. The van der Waals surface area contributed by atoms with Crippen LogP contribution in [-0.4, -0.2) is 44.5 Å². The zero-order valence-corrected chi connectivity index (χ0v) is 11.2. The summed E-state index contributed by atoms with van der Waals surface area (Å²) in [5, 5.41) is 0. The lowest BCUT2D eigenvalue weighted by atomic mass is 9.96. The van der Waals surface area contributed by atoms with Crippen LogP contribution < -0.4 is 10.2 Å².